The Balaban J connectivity index is 2.29. The Morgan fingerprint density at radius 3 is 2.38 bits per heavy atom. The molecule has 0 aromatic carbocycles. The van der Waals surface area contributed by atoms with E-state index in [2.05, 4.69) is 17.6 Å². The Morgan fingerprint density at radius 1 is 1.50 bits per heavy atom. The van der Waals surface area contributed by atoms with Crippen molar-refractivity contribution in [1.82, 2.24) is 10.6 Å². The van der Waals surface area contributed by atoms with Gasteiger partial charge in [-0.3, -0.25) is 0 Å². The summed E-state index contributed by atoms with van der Waals surface area (Å²) in [6.45, 7) is 4.22. The molecule has 0 amide bonds. The molecule has 1 aliphatic rings. The number of nitrogens with one attached hydrogen (secondary N) is 2. The second-order valence-corrected chi connectivity index (χ2v) is 2.60. The lowest BCUT2D eigenvalue weighted by Crippen LogP contribution is -2.46. The molecule has 0 aromatic rings. The van der Waals surface area contributed by atoms with E-state index in [1.54, 1.807) is 0 Å². The SMILES string of the molecule is CC1CNC(=S)NC1. The highest BCUT2D eigenvalue weighted by Gasteiger charge is 2.08. The van der Waals surface area contributed by atoms with Gasteiger partial charge in [0.2, 0.25) is 0 Å². The van der Waals surface area contributed by atoms with Gasteiger partial charge >= 0.3 is 0 Å². The lowest BCUT2D eigenvalue weighted by atomic mass is 10.1. The summed E-state index contributed by atoms with van der Waals surface area (Å²) in [7, 11) is 0. The molecule has 1 saturated heterocycles. The van der Waals surface area contributed by atoms with E-state index in [-0.39, 0.29) is 0 Å². The largest absolute Gasteiger partial charge is 0.362 e. The van der Waals surface area contributed by atoms with Crippen molar-refractivity contribution in [1.29, 1.82) is 0 Å². The normalized spacial score (nSPS) is 21.9. The monoisotopic (exact) mass is 130 g/mol. The summed E-state index contributed by atoms with van der Waals surface area (Å²) in [5.74, 6) is 0.710. The quantitative estimate of drug-likeness (QED) is 0.455. The molecule has 0 saturated carbocycles. The molecule has 0 aromatic heterocycles. The molecule has 0 unspecified atom stereocenters. The first-order valence-electron chi connectivity index (χ1n) is 2.81. The summed E-state index contributed by atoms with van der Waals surface area (Å²) in [6.07, 6.45) is 0. The van der Waals surface area contributed by atoms with Crippen molar-refractivity contribution < 1.29 is 0 Å². The second kappa shape index (κ2) is 2.31. The summed E-state index contributed by atoms with van der Waals surface area (Å²) >= 11 is 4.84. The van der Waals surface area contributed by atoms with E-state index >= 15 is 0 Å². The molecule has 0 radical (unpaired) electrons. The lowest BCUT2D eigenvalue weighted by Gasteiger charge is -2.21. The van der Waals surface area contributed by atoms with Crippen LogP contribution >= 0.6 is 12.2 Å². The van der Waals surface area contributed by atoms with Gasteiger partial charge in [-0.05, 0) is 18.1 Å². The molecule has 1 heterocycles. The maximum Gasteiger partial charge on any atom is 0.166 e. The first-order chi connectivity index (χ1) is 3.79. The molecule has 8 heavy (non-hydrogen) atoms. The van der Waals surface area contributed by atoms with E-state index in [1.165, 1.54) is 0 Å². The van der Waals surface area contributed by atoms with Crippen LogP contribution in [0.15, 0.2) is 0 Å². The number of hydrogen-bond donors (Lipinski definition) is 2. The van der Waals surface area contributed by atoms with Crippen LogP contribution in [-0.2, 0) is 0 Å². The fraction of sp³-hybridized carbons (Fsp3) is 0.800. The minimum Gasteiger partial charge on any atom is -0.362 e. The van der Waals surface area contributed by atoms with Gasteiger partial charge in [0.15, 0.2) is 5.11 Å². The molecule has 2 N–H and O–H groups in total. The van der Waals surface area contributed by atoms with E-state index in [9.17, 15) is 0 Å². The third kappa shape index (κ3) is 1.33. The average Bonchev–Trinajstić information content (AvgIpc) is 1.77. The zero-order valence-corrected chi connectivity index (χ0v) is 5.72. The Bertz CT molecular complexity index is 92.6. The summed E-state index contributed by atoms with van der Waals surface area (Å²) in [5.41, 5.74) is 0. The predicted molar refractivity (Wildman–Crippen MR) is 37.8 cm³/mol. The van der Waals surface area contributed by atoms with Gasteiger partial charge in [0.05, 0.1) is 0 Å². The molecule has 0 bridgehead atoms. The van der Waals surface area contributed by atoms with Gasteiger partial charge in [0.1, 0.15) is 0 Å². The van der Waals surface area contributed by atoms with Crippen LogP contribution in [0.25, 0.3) is 0 Å². The summed E-state index contributed by atoms with van der Waals surface area (Å²) < 4.78 is 0. The van der Waals surface area contributed by atoms with Gasteiger partial charge in [-0.15, -0.1) is 0 Å². The van der Waals surface area contributed by atoms with Crippen LogP contribution in [0.4, 0.5) is 0 Å². The number of thiocarbonyl (C=S) groups is 1. The first-order valence-corrected chi connectivity index (χ1v) is 3.21. The average molecular weight is 130 g/mol. The Morgan fingerprint density at radius 2 is 2.00 bits per heavy atom. The maximum absolute atomic E-state index is 4.84. The fourth-order valence-corrected chi connectivity index (χ4v) is 0.835. The fourth-order valence-electron chi connectivity index (χ4n) is 0.669. The smallest absolute Gasteiger partial charge is 0.166 e. The van der Waals surface area contributed by atoms with Crippen LogP contribution in [0.2, 0.25) is 0 Å². The van der Waals surface area contributed by atoms with E-state index < -0.39 is 0 Å². The molecule has 46 valence electrons. The van der Waals surface area contributed by atoms with E-state index in [0.29, 0.717) is 5.92 Å². The van der Waals surface area contributed by atoms with Crippen LogP contribution in [0.5, 0.6) is 0 Å². The Hall–Kier alpha value is -0.310. The third-order valence-electron chi connectivity index (χ3n) is 1.22. The maximum atomic E-state index is 4.84. The third-order valence-corrected chi connectivity index (χ3v) is 1.51. The highest BCUT2D eigenvalue weighted by molar-refractivity contribution is 7.80. The second-order valence-electron chi connectivity index (χ2n) is 2.20. The topological polar surface area (TPSA) is 24.1 Å². The Kier molecular flexibility index (Phi) is 1.68. The van der Waals surface area contributed by atoms with Crippen molar-refractivity contribution in [3.8, 4) is 0 Å². The minimum absolute atomic E-state index is 0.710. The highest BCUT2D eigenvalue weighted by atomic mass is 32.1. The van der Waals surface area contributed by atoms with Crippen LogP contribution in [0.1, 0.15) is 6.92 Å². The van der Waals surface area contributed by atoms with Crippen LogP contribution in [0.3, 0.4) is 0 Å². The molecule has 3 heteroatoms. The van der Waals surface area contributed by atoms with E-state index in [4.69, 9.17) is 12.2 Å². The van der Waals surface area contributed by atoms with Gasteiger partial charge in [0.25, 0.3) is 0 Å². The highest BCUT2D eigenvalue weighted by Crippen LogP contribution is 1.93. The lowest BCUT2D eigenvalue weighted by molar-refractivity contribution is 0.514. The molecule has 1 fully saturated rings. The van der Waals surface area contributed by atoms with Crippen molar-refractivity contribution in [2.75, 3.05) is 13.1 Å². The van der Waals surface area contributed by atoms with E-state index in [0.717, 1.165) is 18.2 Å². The first kappa shape index (κ1) is 5.82. The van der Waals surface area contributed by atoms with Crippen LogP contribution in [-0.4, -0.2) is 18.2 Å². The van der Waals surface area contributed by atoms with Crippen molar-refractivity contribution in [3.63, 3.8) is 0 Å². The molecular weight excluding hydrogens is 120 g/mol. The predicted octanol–water partition coefficient (Wildman–Crippen LogP) is 0.100. The van der Waals surface area contributed by atoms with Gasteiger partial charge in [-0.25, -0.2) is 0 Å². The van der Waals surface area contributed by atoms with Gasteiger partial charge in [-0.2, -0.15) is 0 Å². The molecule has 2 nitrogen and oxygen atoms in total. The van der Waals surface area contributed by atoms with Crippen LogP contribution < -0.4 is 10.6 Å². The molecule has 0 aliphatic carbocycles. The van der Waals surface area contributed by atoms with Crippen molar-refractivity contribution in [2.24, 2.45) is 5.92 Å². The Labute approximate surface area is 54.7 Å². The molecule has 0 spiro atoms. The van der Waals surface area contributed by atoms with Crippen molar-refractivity contribution >= 4 is 17.3 Å². The molecular formula is C5H10N2S. The molecule has 1 rings (SSSR count). The van der Waals surface area contributed by atoms with E-state index in [1.807, 2.05) is 0 Å². The van der Waals surface area contributed by atoms with Crippen LogP contribution in [0, 0.1) is 5.92 Å². The van der Waals surface area contributed by atoms with Crippen molar-refractivity contribution in [3.05, 3.63) is 0 Å². The molecule has 1 aliphatic heterocycles. The summed E-state index contributed by atoms with van der Waals surface area (Å²) in [5, 5.41) is 6.90. The van der Waals surface area contributed by atoms with Crippen molar-refractivity contribution in [2.45, 2.75) is 6.92 Å². The molecule has 0 atom stereocenters. The number of rotatable bonds is 0. The van der Waals surface area contributed by atoms with Gasteiger partial charge < -0.3 is 10.6 Å². The standard InChI is InChI=1S/C5H10N2S/c1-4-2-6-5(8)7-3-4/h4H,2-3H2,1H3,(H2,6,7,8). The van der Waals surface area contributed by atoms with Gasteiger partial charge in [-0.1, -0.05) is 6.92 Å². The number of hydrogen-bond acceptors (Lipinski definition) is 1. The zero-order valence-electron chi connectivity index (χ0n) is 4.90. The van der Waals surface area contributed by atoms with Gasteiger partial charge in [0, 0.05) is 13.1 Å². The summed E-state index contributed by atoms with van der Waals surface area (Å²) in [4.78, 5) is 0. The minimum atomic E-state index is 0.710. The summed E-state index contributed by atoms with van der Waals surface area (Å²) in [6, 6.07) is 0. The zero-order chi connectivity index (χ0) is 5.98.